The molecule has 0 atom stereocenters. The van der Waals surface area contributed by atoms with Crippen molar-refractivity contribution in [3.05, 3.63) is 40.5 Å². The number of carbonyl (C=O) groups is 1. The molecule has 0 aliphatic heterocycles. The molecule has 0 bridgehead atoms. The van der Waals surface area contributed by atoms with Crippen molar-refractivity contribution in [2.45, 2.75) is 20.8 Å². The summed E-state index contributed by atoms with van der Waals surface area (Å²) in [7, 11) is 1.39. The van der Waals surface area contributed by atoms with Crippen LogP contribution in [0.1, 0.15) is 23.6 Å². The summed E-state index contributed by atoms with van der Waals surface area (Å²) in [6.07, 6.45) is 1.85. The summed E-state index contributed by atoms with van der Waals surface area (Å²) in [5.74, 6) is -0.282. The SMILES string of the molecule is COC(=O)/C(C)=C/c1ccc(C)cc1C. The summed E-state index contributed by atoms with van der Waals surface area (Å²) < 4.78 is 4.64. The Balaban J connectivity index is 3.03. The van der Waals surface area contributed by atoms with Gasteiger partial charge in [-0.15, -0.1) is 0 Å². The number of methoxy groups -OCH3 is 1. The standard InChI is InChI=1S/C13H16O2/c1-9-5-6-12(10(2)7-9)8-11(3)13(14)15-4/h5-8H,1-4H3/b11-8+. The van der Waals surface area contributed by atoms with Crippen LogP contribution < -0.4 is 0 Å². The van der Waals surface area contributed by atoms with Crippen LogP contribution in [0.15, 0.2) is 23.8 Å². The van der Waals surface area contributed by atoms with Gasteiger partial charge in [-0.05, 0) is 38.0 Å². The molecule has 0 fully saturated rings. The lowest BCUT2D eigenvalue weighted by Crippen LogP contribution is -2.01. The van der Waals surface area contributed by atoms with E-state index in [0.29, 0.717) is 5.57 Å². The van der Waals surface area contributed by atoms with Gasteiger partial charge < -0.3 is 4.74 Å². The van der Waals surface area contributed by atoms with E-state index in [4.69, 9.17) is 0 Å². The van der Waals surface area contributed by atoms with Crippen molar-refractivity contribution in [3.63, 3.8) is 0 Å². The van der Waals surface area contributed by atoms with E-state index in [0.717, 1.165) is 5.56 Å². The van der Waals surface area contributed by atoms with Gasteiger partial charge in [-0.25, -0.2) is 4.79 Å². The zero-order chi connectivity index (χ0) is 11.4. The number of aryl methyl sites for hydroxylation is 2. The van der Waals surface area contributed by atoms with Gasteiger partial charge in [0, 0.05) is 5.57 Å². The number of benzene rings is 1. The van der Waals surface area contributed by atoms with Gasteiger partial charge >= 0.3 is 5.97 Å². The molecule has 0 spiro atoms. The Hall–Kier alpha value is -1.57. The van der Waals surface area contributed by atoms with E-state index < -0.39 is 0 Å². The summed E-state index contributed by atoms with van der Waals surface area (Å²) >= 11 is 0. The van der Waals surface area contributed by atoms with Gasteiger partial charge in [0.25, 0.3) is 0 Å². The second-order valence-corrected chi connectivity index (χ2v) is 3.68. The van der Waals surface area contributed by atoms with Crippen molar-refractivity contribution in [1.82, 2.24) is 0 Å². The number of carbonyl (C=O) groups excluding carboxylic acids is 1. The molecule has 80 valence electrons. The predicted molar refractivity (Wildman–Crippen MR) is 61.6 cm³/mol. The lowest BCUT2D eigenvalue weighted by molar-refractivity contribution is -0.135. The summed E-state index contributed by atoms with van der Waals surface area (Å²) in [5.41, 5.74) is 4.06. The van der Waals surface area contributed by atoms with E-state index in [1.807, 2.05) is 32.1 Å². The maximum absolute atomic E-state index is 11.2. The Bertz CT molecular complexity index is 403. The van der Waals surface area contributed by atoms with Crippen molar-refractivity contribution in [2.75, 3.05) is 7.11 Å². The number of ether oxygens (including phenoxy) is 1. The molecule has 15 heavy (non-hydrogen) atoms. The number of esters is 1. The van der Waals surface area contributed by atoms with Gasteiger partial charge in [-0.3, -0.25) is 0 Å². The van der Waals surface area contributed by atoms with Gasteiger partial charge in [-0.2, -0.15) is 0 Å². The first kappa shape index (κ1) is 11.5. The van der Waals surface area contributed by atoms with E-state index in [9.17, 15) is 4.79 Å². The van der Waals surface area contributed by atoms with Gasteiger partial charge in [0.2, 0.25) is 0 Å². The van der Waals surface area contributed by atoms with Crippen LogP contribution in [0.3, 0.4) is 0 Å². The van der Waals surface area contributed by atoms with Crippen LogP contribution in [0.25, 0.3) is 6.08 Å². The molecule has 0 aromatic heterocycles. The van der Waals surface area contributed by atoms with Crippen LogP contribution in [0.2, 0.25) is 0 Å². The third-order valence-electron chi connectivity index (χ3n) is 2.30. The smallest absolute Gasteiger partial charge is 0.333 e. The van der Waals surface area contributed by atoms with E-state index in [-0.39, 0.29) is 5.97 Å². The summed E-state index contributed by atoms with van der Waals surface area (Å²) in [6.45, 7) is 5.84. The topological polar surface area (TPSA) is 26.3 Å². The Labute approximate surface area is 90.6 Å². The Morgan fingerprint density at radius 3 is 2.53 bits per heavy atom. The normalized spacial score (nSPS) is 11.3. The zero-order valence-corrected chi connectivity index (χ0v) is 9.63. The molecular formula is C13H16O2. The largest absolute Gasteiger partial charge is 0.466 e. The molecule has 1 rings (SSSR count). The minimum atomic E-state index is -0.282. The molecule has 1 aromatic rings. The molecule has 0 heterocycles. The zero-order valence-electron chi connectivity index (χ0n) is 9.63. The second-order valence-electron chi connectivity index (χ2n) is 3.68. The van der Waals surface area contributed by atoms with Crippen LogP contribution in [-0.4, -0.2) is 13.1 Å². The second kappa shape index (κ2) is 4.78. The van der Waals surface area contributed by atoms with Crippen molar-refractivity contribution in [3.8, 4) is 0 Å². The molecule has 0 amide bonds. The fourth-order valence-corrected chi connectivity index (χ4v) is 1.44. The Morgan fingerprint density at radius 1 is 1.33 bits per heavy atom. The lowest BCUT2D eigenvalue weighted by atomic mass is 10.0. The quantitative estimate of drug-likeness (QED) is 0.547. The van der Waals surface area contributed by atoms with E-state index in [2.05, 4.69) is 10.8 Å². The molecule has 2 heteroatoms. The van der Waals surface area contributed by atoms with Crippen molar-refractivity contribution >= 4 is 12.0 Å². The first-order chi connectivity index (χ1) is 7.04. The molecule has 2 nitrogen and oxygen atoms in total. The van der Waals surface area contributed by atoms with E-state index in [1.54, 1.807) is 6.92 Å². The molecule has 0 N–H and O–H groups in total. The van der Waals surface area contributed by atoms with Crippen LogP contribution in [0, 0.1) is 13.8 Å². The summed E-state index contributed by atoms with van der Waals surface area (Å²) in [5, 5.41) is 0. The fraction of sp³-hybridized carbons (Fsp3) is 0.308. The van der Waals surface area contributed by atoms with Crippen molar-refractivity contribution < 1.29 is 9.53 Å². The molecule has 0 saturated heterocycles. The van der Waals surface area contributed by atoms with Gasteiger partial charge in [0.05, 0.1) is 7.11 Å². The van der Waals surface area contributed by atoms with E-state index in [1.165, 1.54) is 18.2 Å². The molecule has 0 aliphatic rings. The maximum Gasteiger partial charge on any atom is 0.333 e. The van der Waals surface area contributed by atoms with Crippen LogP contribution in [0.5, 0.6) is 0 Å². The highest BCUT2D eigenvalue weighted by molar-refractivity contribution is 5.93. The van der Waals surface area contributed by atoms with Crippen LogP contribution >= 0.6 is 0 Å². The third-order valence-corrected chi connectivity index (χ3v) is 2.30. The van der Waals surface area contributed by atoms with Crippen LogP contribution in [-0.2, 0) is 9.53 Å². The minimum absolute atomic E-state index is 0.282. The Morgan fingerprint density at radius 2 is 2.00 bits per heavy atom. The van der Waals surface area contributed by atoms with Crippen molar-refractivity contribution in [1.29, 1.82) is 0 Å². The van der Waals surface area contributed by atoms with Crippen LogP contribution in [0.4, 0.5) is 0 Å². The average Bonchev–Trinajstić information content (AvgIpc) is 2.20. The highest BCUT2D eigenvalue weighted by Crippen LogP contribution is 2.14. The third kappa shape index (κ3) is 2.94. The minimum Gasteiger partial charge on any atom is -0.466 e. The number of hydrogen-bond donors (Lipinski definition) is 0. The first-order valence-corrected chi connectivity index (χ1v) is 4.88. The highest BCUT2D eigenvalue weighted by atomic mass is 16.5. The summed E-state index contributed by atoms with van der Waals surface area (Å²) in [4.78, 5) is 11.2. The van der Waals surface area contributed by atoms with Gasteiger partial charge in [-0.1, -0.05) is 23.8 Å². The molecule has 0 unspecified atom stereocenters. The molecular weight excluding hydrogens is 188 g/mol. The first-order valence-electron chi connectivity index (χ1n) is 4.88. The molecule has 0 aliphatic carbocycles. The molecule has 0 radical (unpaired) electrons. The Kier molecular flexibility index (Phi) is 3.67. The molecule has 0 saturated carbocycles. The predicted octanol–water partition coefficient (Wildman–Crippen LogP) is 2.88. The number of rotatable bonds is 2. The average molecular weight is 204 g/mol. The lowest BCUT2D eigenvalue weighted by Gasteiger charge is -2.03. The van der Waals surface area contributed by atoms with Gasteiger partial charge in [0.15, 0.2) is 0 Å². The van der Waals surface area contributed by atoms with Crippen molar-refractivity contribution in [2.24, 2.45) is 0 Å². The van der Waals surface area contributed by atoms with E-state index >= 15 is 0 Å². The van der Waals surface area contributed by atoms with Gasteiger partial charge in [0.1, 0.15) is 0 Å². The summed E-state index contributed by atoms with van der Waals surface area (Å²) in [6, 6.07) is 6.14. The highest BCUT2D eigenvalue weighted by Gasteiger charge is 2.03. The maximum atomic E-state index is 11.2. The monoisotopic (exact) mass is 204 g/mol. The fourth-order valence-electron chi connectivity index (χ4n) is 1.44. The number of hydrogen-bond acceptors (Lipinski definition) is 2. The molecule has 1 aromatic carbocycles.